The summed E-state index contributed by atoms with van der Waals surface area (Å²) in [5.74, 6) is 0.914. The normalized spacial score (nSPS) is 11.7. The molecule has 3 heterocycles. The topological polar surface area (TPSA) is 31.0 Å². The average Bonchev–Trinajstić information content (AvgIpc) is 3.53. The number of furan rings is 1. The van der Waals surface area contributed by atoms with Crippen molar-refractivity contribution in [2.24, 2.45) is 0 Å². The summed E-state index contributed by atoms with van der Waals surface area (Å²) in [6.45, 7) is 0. The summed E-state index contributed by atoms with van der Waals surface area (Å²) in [6, 6.07) is 44.7. The molecule has 0 saturated heterocycles. The van der Waals surface area contributed by atoms with Gasteiger partial charge in [-0.25, -0.2) is 4.98 Å². The second-order valence-corrected chi connectivity index (χ2v) is 9.66. The Kier molecular flexibility index (Phi) is 4.52. The van der Waals surface area contributed by atoms with Gasteiger partial charge < -0.3 is 4.42 Å². The second-order valence-electron chi connectivity index (χ2n) is 9.66. The zero-order chi connectivity index (χ0) is 25.1. The van der Waals surface area contributed by atoms with Crippen LogP contribution in [0.1, 0.15) is 0 Å². The van der Waals surface area contributed by atoms with Crippen LogP contribution in [0.15, 0.2) is 138 Å². The van der Waals surface area contributed by atoms with E-state index in [2.05, 4.69) is 114 Å². The predicted octanol–water partition coefficient (Wildman–Crippen LogP) is 9.41. The van der Waals surface area contributed by atoms with Gasteiger partial charge in [0.2, 0.25) is 0 Å². The first-order valence-electron chi connectivity index (χ1n) is 12.8. The zero-order valence-electron chi connectivity index (χ0n) is 20.5. The highest BCUT2D eigenvalue weighted by Gasteiger charge is 2.15. The number of fused-ring (bicyclic) bond motifs is 6. The molecule has 0 saturated carbocycles. The van der Waals surface area contributed by atoms with Crippen molar-refractivity contribution in [2.75, 3.05) is 0 Å². The fraction of sp³-hybridized carbons (Fsp3) is 0. The maximum Gasteiger partial charge on any atom is 0.138 e. The van der Waals surface area contributed by atoms with Crippen LogP contribution in [0.2, 0.25) is 0 Å². The Hall–Kier alpha value is -5.15. The number of pyridine rings is 1. The molecule has 0 fully saturated rings. The Balaban J connectivity index is 1.33. The monoisotopic (exact) mass is 486 g/mol. The first kappa shape index (κ1) is 21.0. The molecule has 178 valence electrons. The third-order valence-corrected chi connectivity index (χ3v) is 7.46. The molecule has 0 unspecified atom stereocenters. The van der Waals surface area contributed by atoms with E-state index >= 15 is 0 Å². The molecule has 0 bridgehead atoms. The van der Waals surface area contributed by atoms with E-state index in [-0.39, 0.29) is 0 Å². The van der Waals surface area contributed by atoms with E-state index in [9.17, 15) is 0 Å². The Labute approximate surface area is 219 Å². The molecular weight excluding hydrogens is 464 g/mol. The summed E-state index contributed by atoms with van der Waals surface area (Å²) in [5, 5.41) is 4.71. The SMILES string of the molecule is c1ccc(-c2ccnc(-n3c4ccccc4c4cc(-c5ccc6oc7ccccc7c6c5)ccc43)c2)cc1. The van der Waals surface area contributed by atoms with Gasteiger partial charge in [0.15, 0.2) is 0 Å². The standard InChI is InChI=1S/C35H22N2O/c1-2-8-23(9-3-1)26-18-19-36-35(22-26)37-31-12-6-4-10-27(31)29-20-24(14-16-32(29)37)25-15-17-34-30(21-25)28-11-5-7-13-33(28)38-34/h1-22H. The molecule has 0 spiro atoms. The molecule has 3 heteroatoms. The fourth-order valence-corrected chi connectivity index (χ4v) is 5.66. The second kappa shape index (κ2) is 8.19. The lowest BCUT2D eigenvalue weighted by molar-refractivity contribution is 0.669. The minimum atomic E-state index is 0.914. The quantitative estimate of drug-likeness (QED) is 0.249. The Morgan fingerprint density at radius 2 is 1.11 bits per heavy atom. The molecule has 0 aliphatic rings. The van der Waals surface area contributed by atoms with E-state index in [1.165, 1.54) is 27.5 Å². The maximum atomic E-state index is 6.05. The molecule has 0 N–H and O–H groups in total. The van der Waals surface area contributed by atoms with E-state index in [4.69, 9.17) is 9.40 Å². The molecule has 0 aliphatic carbocycles. The van der Waals surface area contributed by atoms with Gasteiger partial charge in [0, 0.05) is 27.7 Å². The average molecular weight is 487 g/mol. The minimum Gasteiger partial charge on any atom is -0.456 e. The van der Waals surface area contributed by atoms with Crippen molar-refractivity contribution in [1.29, 1.82) is 0 Å². The van der Waals surface area contributed by atoms with Crippen molar-refractivity contribution >= 4 is 43.7 Å². The van der Waals surface area contributed by atoms with Crippen LogP contribution in [0.4, 0.5) is 0 Å². The number of para-hydroxylation sites is 2. The predicted molar refractivity (Wildman–Crippen MR) is 157 cm³/mol. The van der Waals surface area contributed by atoms with Gasteiger partial charge >= 0.3 is 0 Å². The zero-order valence-corrected chi connectivity index (χ0v) is 20.5. The molecule has 38 heavy (non-hydrogen) atoms. The van der Waals surface area contributed by atoms with E-state index in [0.717, 1.165) is 44.4 Å². The lowest BCUT2D eigenvalue weighted by Crippen LogP contribution is -1.97. The summed E-state index contributed by atoms with van der Waals surface area (Å²) in [4.78, 5) is 4.80. The summed E-state index contributed by atoms with van der Waals surface area (Å²) in [7, 11) is 0. The number of hydrogen-bond donors (Lipinski definition) is 0. The Morgan fingerprint density at radius 1 is 0.447 bits per heavy atom. The van der Waals surface area contributed by atoms with Gasteiger partial charge in [0.05, 0.1) is 11.0 Å². The van der Waals surface area contributed by atoms with Crippen LogP contribution in [0.5, 0.6) is 0 Å². The van der Waals surface area contributed by atoms with Crippen molar-refractivity contribution in [2.45, 2.75) is 0 Å². The van der Waals surface area contributed by atoms with Gasteiger partial charge in [-0.1, -0.05) is 78.9 Å². The molecule has 0 aliphatic heterocycles. The van der Waals surface area contributed by atoms with E-state index < -0.39 is 0 Å². The summed E-state index contributed by atoms with van der Waals surface area (Å²) >= 11 is 0. The van der Waals surface area contributed by atoms with E-state index in [1.807, 2.05) is 24.4 Å². The van der Waals surface area contributed by atoms with Crippen LogP contribution in [0.25, 0.3) is 71.8 Å². The van der Waals surface area contributed by atoms with Gasteiger partial charge in [-0.05, 0) is 70.8 Å². The summed E-state index contributed by atoms with van der Waals surface area (Å²) in [5.41, 5.74) is 8.81. The van der Waals surface area contributed by atoms with Crippen LogP contribution < -0.4 is 0 Å². The smallest absolute Gasteiger partial charge is 0.138 e. The summed E-state index contributed by atoms with van der Waals surface area (Å²) in [6.07, 6.45) is 1.90. The first-order valence-corrected chi connectivity index (χ1v) is 12.8. The van der Waals surface area contributed by atoms with Crippen LogP contribution >= 0.6 is 0 Å². The van der Waals surface area contributed by atoms with Crippen molar-refractivity contribution in [3.8, 4) is 28.1 Å². The van der Waals surface area contributed by atoms with Gasteiger partial charge in [0.1, 0.15) is 17.0 Å². The third kappa shape index (κ3) is 3.19. The van der Waals surface area contributed by atoms with Crippen molar-refractivity contribution in [3.05, 3.63) is 134 Å². The number of nitrogens with zero attached hydrogens (tertiary/aromatic N) is 2. The number of aromatic nitrogens is 2. The Bertz CT molecular complexity index is 2130. The summed E-state index contributed by atoms with van der Waals surface area (Å²) < 4.78 is 8.33. The molecule has 3 nitrogen and oxygen atoms in total. The number of hydrogen-bond acceptors (Lipinski definition) is 2. The van der Waals surface area contributed by atoms with Gasteiger partial charge in [0.25, 0.3) is 0 Å². The molecule has 8 aromatic rings. The van der Waals surface area contributed by atoms with Crippen molar-refractivity contribution in [1.82, 2.24) is 9.55 Å². The first-order chi connectivity index (χ1) is 18.8. The third-order valence-electron chi connectivity index (χ3n) is 7.46. The number of rotatable bonds is 3. The van der Waals surface area contributed by atoms with E-state index in [0.29, 0.717) is 0 Å². The van der Waals surface area contributed by atoms with Crippen LogP contribution in [0.3, 0.4) is 0 Å². The van der Waals surface area contributed by atoms with Crippen LogP contribution in [0, 0.1) is 0 Å². The molecule has 5 aromatic carbocycles. The molecule has 0 atom stereocenters. The van der Waals surface area contributed by atoms with Crippen LogP contribution in [-0.4, -0.2) is 9.55 Å². The fourth-order valence-electron chi connectivity index (χ4n) is 5.66. The number of benzene rings is 5. The van der Waals surface area contributed by atoms with Gasteiger partial charge in [-0.2, -0.15) is 0 Å². The Morgan fingerprint density at radius 3 is 2.00 bits per heavy atom. The molecule has 0 amide bonds. The minimum absolute atomic E-state index is 0.914. The molecule has 0 radical (unpaired) electrons. The van der Waals surface area contributed by atoms with E-state index in [1.54, 1.807) is 0 Å². The molecular formula is C35H22N2O. The van der Waals surface area contributed by atoms with Crippen LogP contribution in [-0.2, 0) is 0 Å². The molecule has 3 aromatic heterocycles. The maximum absolute atomic E-state index is 6.05. The van der Waals surface area contributed by atoms with Gasteiger partial charge in [-0.3, -0.25) is 4.57 Å². The molecule has 8 rings (SSSR count). The van der Waals surface area contributed by atoms with Gasteiger partial charge in [-0.15, -0.1) is 0 Å². The lowest BCUT2D eigenvalue weighted by atomic mass is 10.0. The van der Waals surface area contributed by atoms with Crippen molar-refractivity contribution < 1.29 is 4.42 Å². The van der Waals surface area contributed by atoms with Crippen molar-refractivity contribution in [3.63, 3.8) is 0 Å². The highest BCUT2D eigenvalue weighted by molar-refractivity contribution is 6.11. The lowest BCUT2D eigenvalue weighted by Gasteiger charge is -2.09. The highest BCUT2D eigenvalue weighted by Crippen LogP contribution is 2.37. The highest BCUT2D eigenvalue weighted by atomic mass is 16.3. The largest absolute Gasteiger partial charge is 0.456 e.